The lowest BCUT2D eigenvalue weighted by Gasteiger charge is -2.16. The number of carbonyl (C=O) groups is 1. The van der Waals surface area contributed by atoms with Gasteiger partial charge in [-0.3, -0.25) is 4.79 Å². The van der Waals surface area contributed by atoms with Crippen molar-refractivity contribution in [3.63, 3.8) is 0 Å². The first kappa shape index (κ1) is 21.7. The van der Waals surface area contributed by atoms with E-state index >= 15 is 0 Å². The van der Waals surface area contributed by atoms with E-state index in [0.717, 1.165) is 11.4 Å². The SMILES string of the molecule is CCOc1ccc(N[C@@H](C)C(=O)Nc2ccc(S(=O)(=O)NC(C)C)cc2)cc1. The molecule has 0 aliphatic rings. The number of hydrogen-bond acceptors (Lipinski definition) is 5. The van der Waals surface area contributed by atoms with Crippen molar-refractivity contribution < 1.29 is 17.9 Å². The van der Waals surface area contributed by atoms with E-state index in [2.05, 4.69) is 15.4 Å². The molecular weight excluding hydrogens is 378 g/mol. The number of nitrogens with one attached hydrogen (secondary N) is 3. The molecule has 152 valence electrons. The third kappa shape index (κ3) is 6.24. The maximum Gasteiger partial charge on any atom is 0.246 e. The highest BCUT2D eigenvalue weighted by Crippen LogP contribution is 2.18. The smallest absolute Gasteiger partial charge is 0.246 e. The molecule has 0 heterocycles. The van der Waals surface area contributed by atoms with Crippen molar-refractivity contribution in [1.82, 2.24) is 4.72 Å². The van der Waals surface area contributed by atoms with Gasteiger partial charge in [-0.2, -0.15) is 0 Å². The summed E-state index contributed by atoms with van der Waals surface area (Å²) in [6, 6.07) is 12.7. The van der Waals surface area contributed by atoms with Gasteiger partial charge in [-0.25, -0.2) is 13.1 Å². The van der Waals surface area contributed by atoms with Crippen molar-refractivity contribution in [3.05, 3.63) is 48.5 Å². The Bertz CT molecular complexity index is 879. The predicted molar refractivity (Wildman–Crippen MR) is 111 cm³/mol. The zero-order valence-electron chi connectivity index (χ0n) is 16.5. The molecule has 2 aromatic rings. The predicted octanol–water partition coefficient (Wildman–Crippen LogP) is 3.21. The molecule has 0 fully saturated rings. The van der Waals surface area contributed by atoms with Crippen molar-refractivity contribution in [2.75, 3.05) is 17.2 Å². The van der Waals surface area contributed by atoms with Gasteiger partial charge in [0, 0.05) is 17.4 Å². The fourth-order valence-corrected chi connectivity index (χ4v) is 3.73. The van der Waals surface area contributed by atoms with Gasteiger partial charge in [0.25, 0.3) is 0 Å². The van der Waals surface area contributed by atoms with Gasteiger partial charge in [-0.15, -0.1) is 0 Å². The monoisotopic (exact) mass is 405 g/mol. The van der Waals surface area contributed by atoms with Crippen LogP contribution in [0.5, 0.6) is 5.75 Å². The zero-order valence-corrected chi connectivity index (χ0v) is 17.3. The normalized spacial score (nSPS) is 12.5. The van der Waals surface area contributed by atoms with Crippen LogP contribution in [-0.4, -0.2) is 33.0 Å². The summed E-state index contributed by atoms with van der Waals surface area (Å²) in [5.41, 5.74) is 1.32. The van der Waals surface area contributed by atoms with E-state index in [1.807, 2.05) is 31.2 Å². The van der Waals surface area contributed by atoms with Crippen LogP contribution in [0.1, 0.15) is 27.7 Å². The molecule has 0 saturated heterocycles. The number of ether oxygens (including phenoxy) is 1. The van der Waals surface area contributed by atoms with Crippen LogP contribution in [0.15, 0.2) is 53.4 Å². The number of anilines is 2. The second-order valence-electron chi connectivity index (χ2n) is 6.61. The highest BCUT2D eigenvalue weighted by atomic mass is 32.2. The van der Waals surface area contributed by atoms with Crippen molar-refractivity contribution in [3.8, 4) is 5.75 Å². The molecule has 3 N–H and O–H groups in total. The Morgan fingerprint density at radius 3 is 2.07 bits per heavy atom. The largest absolute Gasteiger partial charge is 0.494 e. The highest BCUT2D eigenvalue weighted by molar-refractivity contribution is 7.89. The lowest BCUT2D eigenvalue weighted by Crippen LogP contribution is -2.32. The molecule has 8 heteroatoms. The molecule has 28 heavy (non-hydrogen) atoms. The summed E-state index contributed by atoms with van der Waals surface area (Å²) in [4.78, 5) is 12.5. The fraction of sp³-hybridized carbons (Fsp3) is 0.350. The van der Waals surface area contributed by atoms with Crippen LogP contribution in [-0.2, 0) is 14.8 Å². The van der Waals surface area contributed by atoms with Gasteiger partial charge in [0.15, 0.2) is 0 Å². The number of amides is 1. The van der Waals surface area contributed by atoms with Crippen LogP contribution >= 0.6 is 0 Å². The van der Waals surface area contributed by atoms with E-state index in [1.165, 1.54) is 12.1 Å². The topological polar surface area (TPSA) is 96.5 Å². The number of hydrogen-bond donors (Lipinski definition) is 3. The number of sulfonamides is 1. The fourth-order valence-electron chi connectivity index (χ4n) is 2.48. The molecule has 0 saturated carbocycles. The second-order valence-corrected chi connectivity index (χ2v) is 8.33. The van der Waals surface area contributed by atoms with Crippen molar-refractivity contribution in [1.29, 1.82) is 0 Å². The Kier molecular flexibility index (Phi) is 7.42. The maximum absolute atomic E-state index is 12.4. The molecule has 0 radical (unpaired) electrons. The first-order valence-corrected chi connectivity index (χ1v) is 10.6. The van der Waals surface area contributed by atoms with E-state index in [4.69, 9.17) is 4.74 Å². The minimum absolute atomic E-state index is 0.153. The molecule has 0 unspecified atom stereocenters. The quantitative estimate of drug-likeness (QED) is 0.595. The Labute approximate surface area is 166 Å². The highest BCUT2D eigenvalue weighted by Gasteiger charge is 2.16. The summed E-state index contributed by atoms with van der Waals surface area (Å²) in [6.45, 7) is 7.77. The van der Waals surface area contributed by atoms with Crippen LogP contribution in [0.25, 0.3) is 0 Å². The van der Waals surface area contributed by atoms with Gasteiger partial charge in [-0.1, -0.05) is 0 Å². The molecule has 1 atom stereocenters. The van der Waals surface area contributed by atoms with Crippen LogP contribution in [0.4, 0.5) is 11.4 Å². The summed E-state index contributed by atoms with van der Waals surface area (Å²) in [5, 5.41) is 5.89. The maximum atomic E-state index is 12.4. The molecule has 1 amide bonds. The summed E-state index contributed by atoms with van der Waals surface area (Å²) < 4.78 is 32.2. The molecule has 2 rings (SSSR count). The van der Waals surface area contributed by atoms with Crippen LogP contribution in [0.2, 0.25) is 0 Å². The lowest BCUT2D eigenvalue weighted by molar-refractivity contribution is -0.116. The van der Waals surface area contributed by atoms with Gasteiger partial charge in [0.1, 0.15) is 11.8 Å². The average Bonchev–Trinajstić information content (AvgIpc) is 2.63. The third-order valence-corrected chi connectivity index (χ3v) is 5.44. The number of carbonyl (C=O) groups excluding carboxylic acids is 1. The van der Waals surface area contributed by atoms with Crippen LogP contribution < -0.4 is 20.1 Å². The van der Waals surface area contributed by atoms with Gasteiger partial charge < -0.3 is 15.4 Å². The molecule has 0 spiro atoms. The minimum atomic E-state index is -3.55. The molecule has 0 aliphatic carbocycles. The Morgan fingerprint density at radius 2 is 1.54 bits per heavy atom. The van der Waals surface area contributed by atoms with Crippen LogP contribution in [0.3, 0.4) is 0 Å². The van der Waals surface area contributed by atoms with Crippen LogP contribution in [0, 0.1) is 0 Å². The molecule has 7 nitrogen and oxygen atoms in total. The molecule has 0 bridgehead atoms. The molecule has 2 aromatic carbocycles. The minimum Gasteiger partial charge on any atom is -0.494 e. The third-order valence-electron chi connectivity index (χ3n) is 3.76. The standard InChI is InChI=1S/C20H27N3O4S/c1-5-27-18-10-6-16(7-11-18)21-15(4)20(24)22-17-8-12-19(13-9-17)28(25,26)23-14(2)3/h6-15,21,23H,5H2,1-4H3,(H,22,24)/t15-/m0/s1. The van der Waals surface area contributed by atoms with Crippen molar-refractivity contribution in [2.45, 2.75) is 44.7 Å². The Balaban J connectivity index is 1.96. The van der Waals surface area contributed by atoms with Crippen molar-refractivity contribution in [2.24, 2.45) is 0 Å². The van der Waals surface area contributed by atoms with E-state index < -0.39 is 16.1 Å². The summed E-state index contributed by atoms with van der Waals surface area (Å²) >= 11 is 0. The van der Waals surface area contributed by atoms with Gasteiger partial charge in [0.2, 0.25) is 15.9 Å². The van der Waals surface area contributed by atoms with E-state index in [1.54, 1.807) is 32.9 Å². The molecule has 0 aliphatic heterocycles. The van der Waals surface area contributed by atoms with E-state index in [0.29, 0.717) is 12.3 Å². The summed E-state index contributed by atoms with van der Waals surface area (Å²) in [6.07, 6.45) is 0. The lowest BCUT2D eigenvalue weighted by atomic mass is 10.2. The van der Waals surface area contributed by atoms with Gasteiger partial charge in [-0.05, 0) is 76.2 Å². The molecular formula is C20H27N3O4S. The first-order valence-electron chi connectivity index (χ1n) is 9.14. The van der Waals surface area contributed by atoms with Gasteiger partial charge >= 0.3 is 0 Å². The second kappa shape index (κ2) is 9.57. The Morgan fingerprint density at radius 1 is 0.964 bits per heavy atom. The molecule has 0 aromatic heterocycles. The zero-order chi connectivity index (χ0) is 20.7. The van der Waals surface area contributed by atoms with Gasteiger partial charge in [0.05, 0.1) is 11.5 Å². The summed E-state index contributed by atoms with van der Waals surface area (Å²) in [7, 11) is -3.55. The van der Waals surface area contributed by atoms with E-state index in [9.17, 15) is 13.2 Å². The number of benzene rings is 2. The van der Waals surface area contributed by atoms with Crippen molar-refractivity contribution >= 4 is 27.3 Å². The van der Waals surface area contributed by atoms with E-state index in [-0.39, 0.29) is 16.8 Å². The summed E-state index contributed by atoms with van der Waals surface area (Å²) in [5.74, 6) is 0.539. The average molecular weight is 406 g/mol. The number of rotatable bonds is 9. The Hall–Kier alpha value is -2.58. The first-order chi connectivity index (χ1) is 13.2.